The Morgan fingerprint density at radius 1 is 1.48 bits per heavy atom. The van der Waals surface area contributed by atoms with Gasteiger partial charge in [0.2, 0.25) is 0 Å². The van der Waals surface area contributed by atoms with Gasteiger partial charge in [0.1, 0.15) is 11.4 Å². The summed E-state index contributed by atoms with van der Waals surface area (Å²) in [6.45, 7) is 9.49. The molecule has 1 N–H and O–H groups in total. The van der Waals surface area contributed by atoms with Crippen LogP contribution in [0.15, 0.2) is 18.2 Å². The second kappa shape index (κ2) is 7.62. The summed E-state index contributed by atoms with van der Waals surface area (Å²) >= 11 is 0. The molecule has 0 unspecified atom stereocenters. The summed E-state index contributed by atoms with van der Waals surface area (Å²) in [5, 5.41) is 3.02. The fourth-order valence-electron chi connectivity index (χ4n) is 3.57. The fraction of sp³-hybridized carbons (Fsp3) is 0.632. The lowest BCUT2D eigenvalue weighted by molar-refractivity contribution is -0.137. The predicted octanol–water partition coefficient (Wildman–Crippen LogP) is 2.48. The zero-order valence-electron chi connectivity index (χ0n) is 15.3. The first-order valence-electron chi connectivity index (χ1n) is 9.02. The molecule has 0 bridgehead atoms. The molecule has 1 aromatic carbocycles. The number of urea groups is 1. The first-order chi connectivity index (χ1) is 12.0. The van der Waals surface area contributed by atoms with Gasteiger partial charge in [0, 0.05) is 31.7 Å². The zero-order chi connectivity index (χ0) is 17.9. The summed E-state index contributed by atoms with van der Waals surface area (Å²) in [7, 11) is 0. The average Bonchev–Trinajstić information content (AvgIpc) is 3.00. The molecule has 0 radical (unpaired) electrons. The van der Waals surface area contributed by atoms with Crippen molar-refractivity contribution in [2.45, 2.75) is 45.4 Å². The number of rotatable bonds is 4. The fourth-order valence-corrected chi connectivity index (χ4v) is 3.57. The number of carbonyl (C=O) groups is 1. The molecule has 0 aromatic heterocycles. The third kappa shape index (κ3) is 4.25. The third-order valence-corrected chi connectivity index (χ3v) is 4.71. The van der Waals surface area contributed by atoms with E-state index in [1.54, 1.807) is 0 Å². The summed E-state index contributed by atoms with van der Waals surface area (Å²) in [4.78, 5) is 14.5. The van der Waals surface area contributed by atoms with Crippen LogP contribution in [0.2, 0.25) is 0 Å². The lowest BCUT2D eigenvalue weighted by atomic mass is 9.99. The molecule has 1 spiro atoms. The van der Waals surface area contributed by atoms with Crippen molar-refractivity contribution in [3.05, 3.63) is 29.3 Å². The maximum atomic E-state index is 12.7. The van der Waals surface area contributed by atoms with Crippen molar-refractivity contribution in [1.82, 2.24) is 10.2 Å². The monoisotopic (exact) mass is 348 g/mol. The highest BCUT2D eigenvalue weighted by Crippen LogP contribution is 2.30. The van der Waals surface area contributed by atoms with Crippen molar-refractivity contribution >= 4 is 6.03 Å². The van der Waals surface area contributed by atoms with Crippen LogP contribution in [0.3, 0.4) is 0 Å². The van der Waals surface area contributed by atoms with Crippen molar-refractivity contribution in [2.24, 2.45) is 0 Å². The summed E-state index contributed by atoms with van der Waals surface area (Å²) in [6, 6.07) is 5.98. The minimum atomic E-state index is -0.338. The highest BCUT2D eigenvalue weighted by molar-refractivity contribution is 5.74. The Morgan fingerprint density at radius 2 is 2.32 bits per heavy atom. The number of hydrogen-bond acceptors (Lipinski definition) is 4. The highest BCUT2D eigenvalue weighted by Gasteiger charge is 2.44. The van der Waals surface area contributed by atoms with Crippen LogP contribution < -0.4 is 10.1 Å². The van der Waals surface area contributed by atoms with Crippen LogP contribution in [0.1, 0.15) is 31.4 Å². The molecule has 1 aromatic rings. The van der Waals surface area contributed by atoms with Crippen LogP contribution in [0.4, 0.5) is 4.79 Å². The summed E-state index contributed by atoms with van der Waals surface area (Å²) in [5.41, 5.74) is 1.79. The minimum Gasteiger partial charge on any atom is -0.494 e. The molecule has 2 aliphatic rings. The number of ether oxygens (including phenoxy) is 3. The van der Waals surface area contributed by atoms with Crippen LogP contribution >= 0.6 is 0 Å². The molecule has 2 fully saturated rings. The van der Waals surface area contributed by atoms with Crippen LogP contribution in [0.5, 0.6) is 5.75 Å². The molecule has 2 amide bonds. The Hall–Kier alpha value is -1.79. The molecule has 2 atom stereocenters. The smallest absolute Gasteiger partial charge is 0.317 e. The molecular weight excluding hydrogens is 320 g/mol. The van der Waals surface area contributed by atoms with Crippen molar-refractivity contribution in [1.29, 1.82) is 0 Å². The van der Waals surface area contributed by atoms with Gasteiger partial charge in [0.15, 0.2) is 0 Å². The second-order valence-corrected chi connectivity index (χ2v) is 7.00. The van der Waals surface area contributed by atoms with Crippen molar-refractivity contribution in [2.75, 3.05) is 32.9 Å². The summed E-state index contributed by atoms with van der Waals surface area (Å²) in [5.74, 6) is 0.832. The predicted molar refractivity (Wildman–Crippen MR) is 94.9 cm³/mol. The SMILES string of the molecule is CCOc1cc(C)ccc1CNC(=O)N1C[C@@H](C)O[C@]2(CCOC2)C1. The first kappa shape index (κ1) is 18.0. The molecule has 6 nitrogen and oxygen atoms in total. The van der Waals surface area contributed by atoms with E-state index in [-0.39, 0.29) is 17.7 Å². The molecule has 138 valence electrons. The standard InChI is InChI=1S/C19H28N2O4/c1-4-24-17-9-14(2)5-6-16(17)10-20-18(22)21-11-15(3)25-19(12-21)7-8-23-13-19/h5-6,9,15H,4,7-8,10-13H2,1-3H3,(H,20,22)/t15-,19-/m1/s1. The number of nitrogens with one attached hydrogen (secondary N) is 1. The normalized spacial score (nSPS) is 26.0. The number of carbonyl (C=O) groups excluding carboxylic acids is 1. The third-order valence-electron chi connectivity index (χ3n) is 4.71. The van der Waals surface area contributed by atoms with E-state index in [1.165, 1.54) is 0 Å². The zero-order valence-corrected chi connectivity index (χ0v) is 15.3. The van der Waals surface area contributed by atoms with Gasteiger partial charge in [-0.3, -0.25) is 0 Å². The molecule has 2 heterocycles. The molecule has 6 heteroatoms. The van der Waals surface area contributed by atoms with E-state index in [1.807, 2.05) is 43.9 Å². The van der Waals surface area contributed by atoms with Gasteiger partial charge < -0.3 is 24.4 Å². The molecule has 0 aliphatic carbocycles. The van der Waals surface area contributed by atoms with E-state index in [2.05, 4.69) is 5.32 Å². The summed E-state index contributed by atoms with van der Waals surface area (Å²) < 4.78 is 17.3. The summed E-state index contributed by atoms with van der Waals surface area (Å²) in [6.07, 6.45) is 0.854. The van der Waals surface area contributed by atoms with Crippen LogP contribution in [0, 0.1) is 6.92 Å². The van der Waals surface area contributed by atoms with Crippen molar-refractivity contribution < 1.29 is 19.0 Å². The van der Waals surface area contributed by atoms with Crippen LogP contribution in [-0.4, -0.2) is 55.5 Å². The van der Waals surface area contributed by atoms with Gasteiger partial charge in [-0.05, 0) is 32.4 Å². The van der Waals surface area contributed by atoms with Crippen LogP contribution in [-0.2, 0) is 16.0 Å². The Morgan fingerprint density at radius 3 is 3.04 bits per heavy atom. The second-order valence-electron chi connectivity index (χ2n) is 7.00. The van der Waals surface area contributed by atoms with Gasteiger partial charge in [-0.25, -0.2) is 4.79 Å². The van der Waals surface area contributed by atoms with E-state index < -0.39 is 0 Å². The topological polar surface area (TPSA) is 60.0 Å². The van der Waals surface area contributed by atoms with E-state index >= 15 is 0 Å². The van der Waals surface area contributed by atoms with E-state index in [4.69, 9.17) is 14.2 Å². The van der Waals surface area contributed by atoms with E-state index in [9.17, 15) is 4.79 Å². The average molecular weight is 348 g/mol. The van der Waals surface area contributed by atoms with Gasteiger partial charge in [-0.2, -0.15) is 0 Å². The molecule has 2 aliphatic heterocycles. The van der Waals surface area contributed by atoms with Crippen molar-refractivity contribution in [3.63, 3.8) is 0 Å². The highest BCUT2D eigenvalue weighted by atomic mass is 16.6. The molecule has 3 rings (SSSR count). The minimum absolute atomic E-state index is 0.0135. The first-order valence-corrected chi connectivity index (χ1v) is 9.02. The quantitative estimate of drug-likeness (QED) is 0.908. The van der Waals surface area contributed by atoms with Gasteiger partial charge in [0.25, 0.3) is 0 Å². The number of hydrogen-bond donors (Lipinski definition) is 1. The maximum absolute atomic E-state index is 12.7. The van der Waals surface area contributed by atoms with Gasteiger partial charge in [-0.15, -0.1) is 0 Å². The van der Waals surface area contributed by atoms with Crippen LogP contribution in [0.25, 0.3) is 0 Å². The van der Waals surface area contributed by atoms with Gasteiger partial charge in [0.05, 0.1) is 25.9 Å². The Bertz CT molecular complexity index is 613. The lowest BCUT2D eigenvalue weighted by Gasteiger charge is -2.42. The van der Waals surface area contributed by atoms with E-state index in [0.717, 1.165) is 23.3 Å². The Balaban J connectivity index is 1.62. The van der Waals surface area contributed by atoms with Gasteiger partial charge >= 0.3 is 6.03 Å². The number of amides is 2. The number of nitrogens with zero attached hydrogens (tertiary/aromatic N) is 1. The maximum Gasteiger partial charge on any atom is 0.317 e. The largest absolute Gasteiger partial charge is 0.494 e. The van der Waals surface area contributed by atoms with Gasteiger partial charge in [-0.1, -0.05) is 12.1 Å². The Labute approximate surface area is 149 Å². The molecule has 25 heavy (non-hydrogen) atoms. The number of aryl methyl sites for hydroxylation is 1. The Kier molecular flexibility index (Phi) is 5.49. The molecule has 0 saturated carbocycles. The lowest BCUT2D eigenvalue weighted by Crippen LogP contribution is -2.58. The number of benzene rings is 1. The van der Waals surface area contributed by atoms with E-state index in [0.29, 0.717) is 39.5 Å². The number of morpholine rings is 1. The molecule has 2 saturated heterocycles. The van der Waals surface area contributed by atoms with Crippen molar-refractivity contribution in [3.8, 4) is 5.75 Å². The molecular formula is C19H28N2O4.